The lowest BCUT2D eigenvalue weighted by Crippen LogP contribution is -2.07. The van der Waals surface area contributed by atoms with Crippen LogP contribution in [0.15, 0.2) is 30.3 Å². The van der Waals surface area contributed by atoms with Crippen molar-refractivity contribution in [3.63, 3.8) is 0 Å². The number of benzene rings is 1. The Morgan fingerprint density at radius 3 is 2.59 bits per heavy atom. The van der Waals surface area contributed by atoms with Crippen molar-refractivity contribution in [3.8, 4) is 11.1 Å². The fourth-order valence-electron chi connectivity index (χ4n) is 2.03. The van der Waals surface area contributed by atoms with Crippen molar-refractivity contribution in [2.45, 2.75) is 13.3 Å². The van der Waals surface area contributed by atoms with Gasteiger partial charge < -0.3 is 5.11 Å². The summed E-state index contributed by atoms with van der Waals surface area (Å²) < 4.78 is 1.64. The van der Waals surface area contributed by atoms with Gasteiger partial charge in [0.05, 0.1) is 17.8 Å². The monoisotopic (exact) mass is 230 g/mol. The van der Waals surface area contributed by atoms with Crippen LogP contribution >= 0.6 is 0 Å². The van der Waals surface area contributed by atoms with E-state index in [0.717, 1.165) is 22.5 Å². The van der Waals surface area contributed by atoms with E-state index in [9.17, 15) is 4.79 Å². The van der Waals surface area contributed by atoms with Gasteiger partial charge in [0.25, 0.3) is 0 Å². The molecule has 2 rings (SSSR count). The van der Waals surface area contributed by atoms with Gasteiger partial charge in [0, 0.05) is 12.6 Å². The molecule has 0 saturated carbocycles. The standard InChI is InChI=1S/C13H14N2O2/c1-9-13(10-6-4-3-5-7-10)11(8-12(16)17)15(2)14-9/h3-7H,8H2,1-2H3,(H,16,17). The zero-order chi connectivity index (χ0) is 12.4. The maximum absolute atomic E-state index is 10.9. The second-order valence-electron chi connectivity index (χ2n) is 3.97. The molecule has 0 bridgehead atoms. The number of hydrogen-bond acceptors (Lipinski definition) is 2. The van der Waals surface area contributed by atoms with Gasteiger partial charge >= 0.3 is 5.97 Å². The van der Waals surface area contributed by atoms with Crippen molar-refractivity contribution in [2.75, 3.05) is 0 Å². The van der Waals surface area contributed by atoms with Crippen molar-refractivity contribution in [1.82, 2.24) is 9.78 Å². The summed E-state index contributed by atoms with van der Waals surface area (Å²) in [6, 6.07) is 9.75. The number of nitrogens with zero attached hydrogens (tertiary/aromatic N) is 2. The van der Waals surface area contributed by atoms with Gasteiger partial charge in [-0.3, -0.25) is 9.48 Å². The molecule has 4 nitrogen and oxygen atoms in total. The van der Waals surface area contributed by atoms with Crippen molar-refractivity contribution in [1.29, 1.82) is 0 Å². The summed E-state index contributed by atoms with van der Waals surface area (Å²) in [5.41, 5.74) is 3.53. The fourth-order valence-corrected chi connectivity index (χ4v) is 2.03. The van der Waals surface area contributed by atoms with Crippen molar-refractivity contribution in [3.05, 3.63) is 41.7 Å². The molecule has 0 amide bonds. The normalized spacial score (nSPS) is 10.5. The van der Waals surface area contributed by atoms with Crippen molar-refractivity contribution < 1.29 is 9.90 Å². The Morgan fingerprint density at radius 1 is 1.35 bits per heavy atom. The summed E-state index contributed by atoms with van der Waals surface area (Å²) in [5, 5.41) is 13.2. The average molecular weight is 230 g/mol. The molecule has 1 aromatic carbocycles. The Hall–Kier alpha value is -2.10. The van der Waals surface area contributed by atoms with Gasteiger partial charge in [0.15, 0.2) is 0 Å². The van der Waals surface area contributed by atoms with Crippen molar-refractivity contribution >= 4 is 5.97 Å². The fraction of sp³-hybridized carbons (Fsp3) is 0.231. The zero-order valence-corrected chi connectivity index (χ0v) is 9.84. The smallest absolute Gasteiger partial charge is 0.309 e. The average Bonchev–Trinajstić information content (AvgIpc) is 2.54. The first-order chi connectivity index (χ1) is 8.09. The highest BCUT2D eigenvalue weighted by Gasteiger charge is 2.16. The molecule has 1 N–H and O–H groups in total. The highest BCUT2D eigenvalue weighted by atomic mass is 16.4. The van der Waals surface area contributed by atoms with E-state index < -0.39 is 5.97 Å². The SMILES string of the molecule is Cc1nn(C)c(CC(=O)O)c1-c1ccccc1. The van der Waals surface area contributed by atoms with E-state index in [0.29, 0.717) is 0 Å². The summed E-state index contributed by atoms with van der Waals surface area (Å²) in [4.78, 5) is 10.9. The van der Waals surface area contributed by atoms with Gasteiger partial charge in [-0.2, -0.15) is 5.10 Å². The van der Waals surface area contributed by atoms with Crippen molar-refractivity contribution in [2.24, 2.45) is 7.05 Å². The maximum Gasteiger partial charge on any atom is 0.309 e. The van der Waals surface area contributed by atoms with Crippen LogP contribution in [0.4, 0.5) is 0 Å². The molecule has 0 radical (unpaired) electrons. The van der Waals surface area contributed by atoms with Gasteiger partial charge in [0.1, 0.15) is 0 Å². The second kappa shape index (κ2) is 4.41. The van der Waals surface area contributed by atoms with Gasteiger partial charge in [-0.1, -0.05) is 30.3 Å². The molecule has 0 aliphatic heterocycles. The lowest BCUT2D eigenvalue weighted by molar-refractivity contribution is -0.136. The van der Waals surface area contributed by atoms with E-state index in [1.165, 1.54) is 0 Å². The van der Waals surface area contributed by atoms with E-state index in [1.54, 1.807) is 11.7 Å². The van der Waals surface area contributed by atoms with Crippen LogP contribution in [0.1, 0.15) is 11.4 Å². The minimum Gasteiger partial charge on any atom is -0.481 e. The highest BCUT2D eigenvalue weighted by molar-refractivity contribution is 5.76. The Morgan fingerprint density at radius 2 is 2.00 bits per heavy atom. The Balaban J connectivity index is 2.56. The first-order valence-corrected chi connectivity index (χ1v) is 5.39. The summed E-state index contributed by atoms with van der Waals surface area (Å²) >= 11 is 0. The van der Waals surface area contributed by atoms with E-state index in [-0.39, 0.29) is 6.42 Å². The zero-order valence-electron chi connectivity index (χ0n) is 9.84. The second-order valence-corrected chi connectivity index (χ2v) is 3.97. The number of aryl methyl sites for hydroxylation is 2. The number of carboxylic acids is 1. The number of carboxylic acid groups (broad SMARTS) is 1. The lowest BCUT2D eigenvalue weighted by Gasteiger charge is -2.04. The number of aromatic nitrogens is 2. The third-order valence-corrected chi connectivity index (χ3v) is 2.72. The van der Waals surface area contributed by atoms with E-state index in [4.69, 9.17) is 5.11 Å². The van der Waals surface area contributed by atoms with Crippen LogP contribution in [0.2, 0.25) is 0 Å². The van der Waals surface area contributed by atoms with Gasteiger partial charge in [0.2, 0.25) is 0 Å². The highest BCUT2D eigenvalue weighted by Crippen LogP contribution is 2.27. The summed E-state index contributed by atoms with van der Waals surface area (Å²) in [6.45, 7) is 1.90. The first kappa shape index (κ1) is 11.4. The van der Waals surface area contributed by atoms with E-state index in [2.05, 4.69) is 5.10 Å². The number of hydrogen-bond donors (Lipinski definition) is 1. The van der Waals surface area contributed by atoms with Crippen LogP contribution in [-0.2, 0) is 18.3 Å². The molecule has 2 aromatic rings. The van der Waals surface area contributed by atoms with Crippen LogP contribution in [0.25, 0.3) is 11.1 Å². The molecule has 0 spiro atoms. The first-order valence-electron chi connectivity index (χ1n) is 5.39. The molecule has 0 aliphatic rings. The largest absolute Gasteiger partial charge is 0.481 e. The Bertz CT molecular complexity index is 544. The van der Waals surface area contributed by atoms with Gasteiger partial charge in [-0.25, -0.2) is 0 Å². The van der Waals surface area contributed by atoms with E-state index >= 15 is 0 Å². The third kappa shape index (κ3) is 2.20. The molecule has 88 valence electrons. The molecule has 0 saturated heterocycles. The van der Waals surface area contributed by atoms with Crippen LogP contribution in [0.3, 0.4) is 0 Å². The Labute approximate surface area is 99.5 Å². The predicted molar refractivity (Wildman–Crippen MR) is 64.7 cm³/mol. The molecule has 0 aliphatic carbocycles. The lowest BCUT2D eigenvalue weighted by atomic mass is 10.0. The quantitative estimate of drug-likeness (QED) is 0.877. The minimum atomic E-state index is -0.842. The number of carbonyl (C=O) groups is 1. The molecule has 0 unspecified atom stereocenters. The van der Waals surface area contributed by atoms with Crippen LogP contribution in [0, 0.1) is 6.92 Å². The molecule has 0 atom stereocenters. The molecule has 0 fully saturated rings. The van der Waals surface area contributed by atoms with Gasteiger partial charge in [-0.05, 0) is 12.5 Å². The minimum absolute atomic E-state index is 0.0123. The molecule has 4 heteroatoms. The number of rotatable bonds is 3. The summed E-state index contributed by atoms with van der Waals surface area (Å²) in [7, 11) is 1.78. The molecule has 1 heterocycles. The number of aliphatic carboxylic acids is 1. The molecule has 17 heavy (non-hydrogen) atoms. The van der Waals surface area contributed by atoms with Gasteiger partial charge in [-0.15, -0.1) is 0 Å². The summed E-state index contributed by atoms with van der Waals surface area (Å²) in [5.74, 6) is -0.842. The third-order valence-electron chi connectivity index (χ3n) is 2.72. The van der Waals surface area contributed by atoms with Crippen LogP contribution in [-0.4, -0.2) is 20.9 Å². The predicted octanol–water partition coefficient (Wildman–Crippen LogP) is 2.02. The molecular formula is C13H14N2O2. The van der Waals surface area contributed by atoms with E-state index in [1.807, 2.05) is 37.3 Å². The maximum atomic E-state index is 10.9. The summed E-state index contributed by atoms with van der Waals surface area (Å²) in [6.07, 6.45) is -0.0123. The molecular weight excluding hydrogens is 216 g/mol. The topological polar surface area (TPSA) is 55.1 Å². The molecule has 1 aromatic heterocycles. The Kier molecular flexibility index (Phi) is 2.95. The van der Waals surface area contributed by atoms with Crippen LogP contribution in [0.5, 0.6) is 0 Å². The van der Waals surface area contributed by atoms with Crippen LogP contribution < -0.4 is 0 Å².